The van der Waals surface area contributed by atoms with Crippen molar-refractivity contribution in [2.24, 2.45) is 0 Å². The Morgan fingerprint density at radius 2 is 2.06 bits per heavy atom. The Morgan fingerprint density at radius 3 is 2.67 bits per heavy atom. The number of hydrogen-bond acceptors (Lipinski definition) is 4. The molecule has 1 N–H and O–H groups in total. The van der Waals surface area contributed by atoms with Gasteiger partial charge in [0, 0.05) is 12.1 Å². The van der Waals surface area contributed by atoms with Gasteiger partial charge in [0.2, 0.25) is 5.69 Å². The zero-order valence-electron chi connectivity index (χ0n) is 9.15. The normalized spacial score (nSPS) is 12.8. The Bertz CT molecular complexity index is 525. The molecule has 1 radical (unpaired) electrons. The maximum absolute atomic E-state index is 13.0. The molecule has 0 aromatic heterocycles. The minimum Gasteiger partial charge on any atom is -1.00 e. The lowest BCUT2D eigenvalue weighted by molar-refractivity contribution is -0.133. The smallest absolute Gasteiger partial charge is 0.360 e. The number of hydrogen-bond donors (Lipinski definition) is 1. The number of fused-ring (bicyclic) bond motifs is 1. The SMILES string of the molecule is CN1C(SCC(=O)O)=[N+]c2cc(F)c(F)cc21.[Cl-]. The largest absolute Gasteiger partial charge is 1.00 e. The van der Waals surface area contributed by atoms with Crippen molar-refractivity contribution in [3.8, 4) is 0 Å². The van der Waals surface area contributed by atoms with Crippen molar-refractivity contribution in [3.63, 3.8) is 0 Å². The fraction of sp³-hybridized carbons (Fsp3) is 0.200. The summed E-state index contributed by atoms with van der Waals surface area (Å²) in [4.78, 5) is 16.0. The molecule has 0 atom stereocenters. The van der Waals surface area contributed by atoms with Gasteiger partial charge in [-0.05, 0) is 16.8 Å². The molecule has 0 amide bonds. The first-order valence-corrected chi connectivity index (χ1v) is 5.63. The van der Waals surface area contributed by atoms with Crippen molar-refractivity contribution in [1.82, 2.24) is 4.99 Å². The topological polar surface area (TPSA) is 54.6 Å². The summed E-state index contributed by atoms with van der Waals surface area (Å²) in [5.74, 6) is -3.04. The Labute approximate surface area is 112 Å². The molecule has 0 saturated heterocycles. The Kier molecular flexibility index (Phi) is 4.53. The zero-order valence-corrected chi connectivity index (χ0v) is 10.7. The first-order chi connectivity index (χ1) is 7.99. The Balaban J connectivity index is 0.00000162. The van der Waals surface area contributed by atoms with Crippen LogP contribution in [0.25, 0.3) is 0 Å². The fourth-order valence-corrected chi connectivity index (χ4v) is 2.13. The van der Waals surface area contributed by atoms with E-state index in [2.05, 4.69) is 4.99 Å². The summed E-state index contributed by atoms with van der Waals surface area (Å²) in [5.41, 5.74) is 0.732. The van der Waals surface area contributed by atoms with Gasteiger partial charge < -0.3 is 17.5 Å². The van der Waals surface area contributed by atoms with Crippen LogP contribution in [0.1, 0.15) is 0 Å². The monoisotopic (exact) mass is 293 g/mol. The Hall–Kier alpha value is -1.34. The van der Waals surface area contributed by atoms with Crippen molar-refractivity contribution in [2.75, 3.05) is 17.7 Å². The highest BCUT2D eigenvalue weighted by Crippen LogP contribution is 2.33. The molecule has 1 aliphatic heterocycles. The second kappa shape index (κ2) is 5.53. The number of anilines is 1. The molecule has 1 aromatic carbocycles. The lowest BCUT2D eigenvalue weighted by Crippen LogP contribution is -3.00. The molecular weight excluding hydrogens is 286 g/mol. The lowest BCUT2D eigenvalue weighted by atomic mass is 10.2. The van der Waals surface area contributed by atoms with E-state index in [0.29, 0.717) is 16.5 Å². The Morgan fingerprint density at radius 1 is 1.44 bits per heavy atom. The van der Waals surface area contributed by atoms with E-state index < -0.39 is 17.6 Å². The van der Waals surface area contributed by atoms with Crippen LogP contribution in [-0.4, -0.2) is 29.0 Å². The minimum atomic E-state index is -0.973. The molecule has 97 valence electrons. The van der Waals surface area contributed by atoms with Crippen LogP contribution in [0.3, 0.4) is 0 Å². The molecule has 0 aliphatic carbocycles. The van der Waals surface area contributed by atoms with Crippen LogP contribution in [0.4, 0.5) is 20.2 Å². The molecular formula is C10H8ClF2N2O2S. The quantitative estimate of drug-likeness (QED) is 0.726. The van der Waals surface area contributed by atoms with E-state index in [4.69, 9.17) is 5.11 Å². The van der Waals surface area contributed by atoms with Crippen LogP contribution < -0.4 is 22.3 Å². The molecule has 0 saturated carbocycles. The van der Waals surface area contributed by atoms with E-state index in [0.717, 1.165) is 23.9 Å². The van der Waals surface area contributed by atoms with Gasteiger partial charge in [0.1, 0.15) is 5.75 Å². The van der Waals surface area contributed by atoms with Gasteiger partial charge in [-0.1, -0.05) is 0 Å². The summed E-state index contributed by atoms with van der Waals surface area (Å²) in [6, 6.07) is 2.04. The van der Waals surface area contributed by atoms with Gasteiger partial charge in [-0.15, -0.1) is 0 Å². The number of halogens is 3. The van der Waals surface area contributed by atoms with Crippen LogP contribution in [-0.2, 0) is 4.79 Å². The van der Waals surface area contributed by atoms with E-state index in [1.165, 1.54) is 4.90 Å². The van der Waals surface area contributed by atoms with Crippen molar-refractivity contribution in [1.29, 1.82) is 0 Å². The number of benzene rings is 1. The third-order valence-corrected chi connectivity index (χ3v) is 3.22. The average molecular weight is 294 g/mol. The molecule has 0 bridgehead atoms. The number of rotatable bonds is 2. The molecule has 8 heteroatoms. The predicted molar refractivity (Wildman–Crippen MR) is 61.7 cm³/mol. The van der Waals surface area contributed by atoms with Gasteiger partial charge in [-0.25, -0.2) is 13.7 Å². The highest BCUT2D eigenvalue weighted by molar-refractivity contribution is 8.14. The van der Waals surface area contributed by atoms with Gasteiger partial charge >= 0.3 is 11.1 Å². The summed E-state index contributed by atoms with van der Waals surface area (Å²) >= 11 is 1.00. The van der Waals surface area contributed by atoms with Crippen molar-refractivity contribution >= 4 is 34.3 Å². The van der Waals surface area contributed by atoms with Gasteiger partial charge in [0.25, 0.3) is 0 Å². The van der Waals surface area contributed by atoms with Crippen LogP contribution >= 0.6 is 11.8 Å². The third kappa shape index (κ3) is 2.73. The standard InChI is InChI=1S/C10H8F2N2O2S.ClH/c1-14-8-3-6(12)5(11)2-7(8)13-10(14)17-4-9(15)16;/h2-3H,4H2,1H3,(H,15,16);1H/q+1;/p-1. The predicted octanol–water partition coefficient (Wildman–Crippen LogP) is -1.44. The van der Waals surface area contributed by atoms with E-state index in [9.17, 15) is 13.6 Å². The number of carboxylic acids is 1. The molecule has 18 heavy (non-hydrogen) atoms. The van der Waals surface area contributed by atoms with Crippen LogP contribution in [0.2, 0.25) is 0 Å². The summed E-state index contributed by atoms with van der Waals surface area (Å²) < 4.78 is 26.0. The average Bonchev–Trinajstić information content (AvgIpc) is 2.54. The zero-order chi connectivity index (χ0) is 12.6. The lowest BCUT2D eigenvalue weighted by Gasteiger charge is -2.04. The van der Waals surface area contributed by atoms with Crippen molar-refractivity contribution < 1.29 is 31.1 Å². The molecule has 1 aliphatic rings. The van der Waals surface area contributed by atoms with E-state index in [-0.39, 0.29) is 18.2 Å². The summed E-state index contributed by atoms with van der Waals surface area (Å²) in [6.07, 6.45) is 0. The summed E-state index contributed by atoms with van der Waals surface area (Å²) in [7, 11) is 1.62. The van der Waals surface area contributed by atoms with E-state index >= 15 is 0 Å². The van der Waals surface area contributed by atoms with Gasteiger partial charge in [0.05, 0.1) is 7.05 Å². The van der Waals surface area contributed by atoms with Crippen LogP contribution in [0.5, 0.6) is 0 Å². The molecule has 1 aromatic rings. The van der Waals surface area contributed by atoms with Crippen molar-refractivity contribution in [2.45, 2.75) is 0 Å². The number of aliphatic carboxylic acids is 1. The number of carbonyl (C=O) groups is 1. The number of nitrogens with zero attached hydrogens (tertiary/aromatic N) is 2. The van der Waals surface area contributed by atoms with Crippen LogP contribution in [0, 0.1) is 11.6 Å². The highest BCUT2D eigenvalue weighted by atomic mass is 35.5. The molecule has 4 nitrogen and oxygen atoms in total. The first kappa shape index (κ1) is 14.7. The van der Waals surface area contributed by atoms with Gasteiger partial charge in [-0.3, -0.25) is 4.79 Å². The molecule has 0 spiro atoms. The van der Waals surface area contributed by atoms with Gasteiger partial charge in [0.15, 0.2) is 17.3 Å². The number of amidine groups is 1. The maximum Gasteiger partial charge on any atom is 0.360 e. The summed E-state index contributed by atoms with van der Waals surface area (Å²) in [6.45, 7) is 0. The van der Waals surface area contributed by atoms with Gasteiger partial charge in [-0.2, -0.15) is 0 Å². The molecule has 1 heterocycles. The third-order valence-electron chi connectivity index (χ3n) is 2.21. The van der Waals surface area contributed by atoms with E-state index in [1.807, 2.05) is 0 Å². The minimum absolute atomic E-state index is 0. The maximum atomic E-state index is 13.0. The summed E-state index contributed by atoms with van der Waals surface area (Å²) in [5, 5.41) is 8.96. The number of carboxylic acid groups (broad SMARTS) is 1. The van der Waals surface area contributed by atoms with Crippen LogP contribution in [0.15, 0.2) is 12.1 Å². The van der Waals surface area contributed by atoms with E-state index in [1.54, 1.807) is 7.05 Å². The second-order valence-electron chi connectivity index (χ2n) is 3.39. The first-order valence-electron chi connectivity index (χ1n) is 4.65. The van der Waals surface area contributed by atoms with Crippen molar-refractivity contribution in [3.05, 3.63) is 23.8 Å². The molecule has 0 fully saturated rings. The number of thioether (sulfide) groups is 1. The highest BCUT2D eigenvalue weighted by Gasteiger charge is 2.34. The molecule has 2 rings (SSSR count). The second-order valence-corrected chi connectivity index (χ2v) is 4.33. The number of aliphatic imine (C=N–C) groups is 1. The fourth-order valence-electron chi connectivity index (χ4n) is 1.42. The molecule has 0 unspecified atom stereocenters.